The number of carbonyl (C=O) groups is 1. The monoisotopic (exact) mass is 379 g/mol. The van der Waals surface area contributed by atoms with Gasteiger partial charge in [0.15, 0.2) is 11.6 Å². The summed E-state index contributed by atoms with van der Waals surface area (Å²) < 4.78 is 45.4. The Bertz CT molecular complexity index is 704. The fourth-order valence-electron chi connectivity index (χ4n) is 2.49. The Balaban J connectivity index is 2.00. The number of carbonyl (C=O) groups excluding carboxylic acids is 1. The quantitative estimate of drug-likeness (QED) is 0.700. The summed E-state index contributed by atoms with van der Waals surface area (Å²) in [5.41, 5.74) is -0.0740. The molecule has 0 amide bonds. The van der Waals surface area contributed by atoms with E-state index in [4.69, 9.17) is 21.4 Å². The molecule has 1 heterocycles. The highest BCUT2D eigenvalue weighted by Crippen LogP contribution is 2.22. The van der Waals surface area contributed by atoms with Gasteiger partial charge in [0.2, 0.25) is 10.0 Å². The van der Waals surface area contributed by atoms with E-state index in [2.05, 4.69) is 4.72 Å². The molecule has 0 atom stereocenters. The van der Waals surface area contributed by atoms with E-state index in [-0.39, 0.29) is 27.8 Å². The van der Waals surface area contributed by atoms with Crippen LogP contribution in [0, 0.1) is 11.7 Å². The summed E-state index contributed by atoms with van der Waals surface area (Å²) in [6.45, 7) is 0.0804. The molecule has 1 aliphatic heterocycles. The zero-order valence-corrected chi connectivity index (χ0v) is 14.5. The number of halogens is 2. The maximum absolute atomic E-state index is 13.9. The van der Waals surface area contributed by atoms with E-state index in [1.807, 2.05) is 0 Å². The standard InChI is InChI=1S/C15H19ClFNO5S/c16-13-6-11(8-19)5-12(15(13)17)14(20)7-18-24(21,22)9-10-1-3-23-4-2-10/h5-6,10,18-19H,1-4,7-9H2. The molecule has 2 rings (SSSR count). The molecule has 134 valence electrons. The van der Waals surface area contributed by atoms with E-state index in [0.717, 1.165) is 6.07 Å². The number of hydrogen-bond donors (Lipinski definition) is 2. The lowest BCUT2D eigenvalue weighted by Gasteiger charge is -2.21. The van der Waals surface area contributed by atoms with E-state index < -0.39 is 34.8 Å². The van der Waals surface area contributed by atoms with Crippen LogP contribution < -0.4 is 4.72 Å². The summed E-state index contributed by atoms with van der Waals surface area (Å²) in [6.07, 6.45) is 1.30. The highest BCUT2D eigenvalue weighted by atomic mass is 35.5. The van der Waals surface area contributed by atoms with Crippen LogP contribution in [0.25, 0.3) is 0 Å². The van der Waals surface area contributed by atoms with Crippen molar-refractivity contribution in [3.05, 3.63) is 34.1 Å². The molecule has 1 aromatic rings. The number of rotatable bonds is 7. The molecule has 24 heavy (non-hydrogen) atoms. The van der Waals surface area contributed by atoms with Crippen LogP contribution in [-0.4, -0.2) is 44.8 Å². The molecule has 1 aliphatic rings. The number of sulfonamides is 1. The van der Waals surface area contributed by atoms with Gasteiger partial charge >= 0.3 is 0 Å². The zero-order valence-electron chi connectivity index (χ0n) is 12.9. The maximum atomic E-state index is 13.9. The minimum absolute atomic E-state index is 0.0183. The first-order chi connectivity index (χ1) is 11.3. The molecule has 0 aliphatic carbocycles. The topological polar surface area (TPSA) is 92.7 Å². The highest BCUT2D eigenvalue weighted by Gasteiger charge is 2.23. The largest absolute Gasteiger partial charge is 0.392 e. The maximum Gasteiger partial charge on any atom is 0.212 e. The van der Waals surface area contributed by atoms with Crippen LogP contribution >= 0.6 is 11.6 Å². The molecule has 0 saturated carbocycles. The van der Waals surface area contributed by atoms with Gasteiger partial charge in [-0.1, -0.05) is 11.6 Å². The number of Topliss-reactive ketones (excluding diaryl/α,β-unsaturated/α-hetero) is 1. The van der Waals surface area contributed by atoms with E-state index in [0.29, 0.717) is 26.1 Å². The van der Waals surface area contributed by atoms with Crippen LogP contribution in [0.3, 0.4) is 0 Å². The number of aliphatic hydroxyl groups excluding tert-OH is 1. The third-order valence-electron chi connectivity index (χ3n) is 3.82. The van der Waals surface area contributed by atoms with Crippen molar-refractivity contribution in [1.82, 2.24) is 4.72 Å². The Morgan fingerprint density at radius 1 is 1.38 bits per heavy atom. The Kier molecular flexibility index (Phi) is 6.70. The molecule has 0 aromatic heterocycles. The summed E-state index contributed by atoms with van der Waals surface area (Å²) in [5, 5.41) is 8.79. The number of hydrogen-bond acceptors (Lipinski definition) is 5. The smallest absolute Gasteiger partial charge is 0.212 e. The average Bonchev–Trinajstić information content (AvgIpc) is 2.55. The predicted octanol–water partition coefficient (Wildman–Crippen LogP) is 1.50. The van der Waals surface area contributed by atoms with Crippen molar-refractivity contribution in [2.45, 2.75) is 19.4 Å². The van der Waals surface area contributed by atoms with Crippen molar-refractivity contribution in [1.29, 1.82) is 0 Å². The number of nitrogens with one attached hydrogen (secondary N) is 1. The summed E-state index contributed by atoms with van der Waals surface area (Å²) in [4.78, 5) is 12.1. The third-order valence-corrected chi connectivity index (χ3v) is 5.59. The number of ketones is 1. The summed E-state index contributed by atoms with van der Waals surface area (Å²) in [5.74, 6) is -1.79. The first kappa shape index (κ1) is 19.3. The second-order valence-corrected chi connectivity index (χ2v) is 7.94. The van der Waals surface area contributed by atoms with Gasteiger partial charge < -0.3 is 9.84 Å². The molecule has 0 radical (unpaired) electrons. The average molecular weight is 380 g/mol. The van der Waals surface area contributed by atoms with Gasteiger partial charge in [0.25, 0.3) is 0 Å². The Labute approximate surface area is 145 Å². The SMILES string of the molecule is O=C(CNS(=O)(=O)CC1CCOCC1)c1cc(CO)cc(Cl)c1F. The van der Waals surface area contributed by atoms with Crippen molar-refractivity contribution in [2.75, 3.05) is 25.5 Å². The van der Waals surface area contributed by atoms with Gasteiger partial charge in [-0.3, -0.25) is 4.79 Å². The fraction of sp³-hybridized carbons (Fsp3) is 0.533. The van der Waals surface area contributed by atoms with Crippen LogP contribution in [0.4, 0.5) is 4.39 Å². The van der Waals surface area contributed by atoms with Crippen LogP contribution in [0.5, 0.6) is 0 Å². The van der Waals surface area contributed by atoms with Crippen molar-refractivity contribution in [3.63, 3.8) is 0 Å². The molecule has 1 fully saturated rings. The van der Waals surface area contributed by atoms with Gasteiger partial charge in [0, 0.05) is 13.2 Å². The van der Waals surface area contributed by atoms with Gasteiger partial charge in [0.05, 0.1) is 29.5 Å². The Morgan fingerprint density at radius 3 is 2.67 bits per heavy atom. The van der Waals surface area contributed by atoms with Crippen LogP contribution in [-0.2, 0) is 21.4 Å². The van der Waals surface area contributed by atoms with Crippen molar-refractivity contribution in [2.24, 2.45) is 5.92 Å². The van der Waals surface area contributed by atoms with Gasteiger partial charge in [-0.2, -0.15) is 0 Å². The third kappa shape index (κ3) is 5.22. The molecule has 1 saturated heterocycles. The van der Waals surface area contributed by atoms with Gasteiger partial charge in [-0.05, 0) is 36.5 Å². The van der Waals surface area contributed by atoms with E-state index in [1.165, 1.54) is 6.07 Å². The Morgan fingerprint density at radius 2 is 2.04 bits per heavy atom. The van der Waals surface area contributed by atoms with Gasteiger partial charge in [-0.15, -0.1) is 0 Å². The van der Waals surface area contributed by atoms with E-state index in [9.17, 15) is 17.6 Å². The Hall–Kier alpha value is -1.06. The van der Waals surface area contributed by atoms with Crippen LogP contribution in [0.2, 0.25) is 5.02 Å². The molecule has 0 bridgehead atoms. The first-order valence-corrected chi connectivity index (χ1v) is 9.52. The fourth-order valence-corrected chi connectivity index (χ4v) is 4.16. The highest BCUT2D eigenvalue weighted by molar-refractivity contribution is 7.89. The van der Waals surface area contributed by atoms with E-state index in [1.54, 1.807) is 0 Å². The molecule has 0 spiro atoms. The van der Waals surface area contributed by atoms with Crippen molar-refractivity contribution >= 4 is 27.4 Å². The lowest BCUT2D eigenvalue weighted by Crippen LogP contribution is -2.35. The molecule has 0 unspecified atom stereocenters. The number of aliphatic hydroxyl groups is 1. The number of ether oxygens (including phenoxy) is 1. The second kappa shape index (κ2) is 8.35. The molecule has 1 aromatic carbocycles. The molecule has 2 N–H and O–H groups in total. The van der Waals surface area contributed by atoms with Crippen LogP contribution in [0.1, 0.15) is 28.8 Å². The van der Waals surface area contributed by atoms with Crippen molar-refractivity contribution in [3.8, 4) is 0 Å². The molecule has 9 heteroatoms. The predicted molar refractivity (Wildman–Crippen MR) is 87.0 cm³/mol. The second-order valence-electron chi connectivity index (χ2n) is 5.68. The van der Waals surface area contributed by atoms with Crippen molar-refractivity contribution < 1.29 is 27.4 Å². The molecule has 6 nitrogen and oxygen atoms in total. The lowest BCUT2D eigenvalue weighted by molar-refractivity contribution is 0.0722. The molecular formula is C15H19ClFNO5S. The minimum Gasteiger partial charge on any atom is -0.392 e. The van der Waals surface area contributed by atoms with E-state index >= 15 is 0 Å². The van der Waals surface area contributed by atoms with Gasteiger partial charge in [0.1, 0.15) is 0 Å². The summed E-state index contributed by atoms with van der Waals surface area (Å²) >= 11 is 5.67. The summed E-state index contributed by atoms with van der Waals surface area (Å²) in [6, 6.07) is 2.37. The first-order valence-electron chi connectivity index (χ1n) is 7.49. The molecular weight excluding hydrogens is 361 g/mol. The summed E-state index contributed by atoms with van der Waals surface area (Å²) in [7, 11) is -3.65. The zero-order chi connectivity index (χ0) is 17.7. The minimum atomic E-state index is -3.65. The lowest BCUT2D eigenvalue weighted by atomic mass is 10.0. The van der Waals surface area contributed by atoms with Gasteiger partial charge in [-0.25, -0.2) is 17.5 Å². The number of benzene rings is 1. The normalized spacial score (nSPS) is 16.3. The van der Waals surface area contributed by atoms with Crippen LogP contribution in [0.15, 0.2) is 12.1 Å².